The molecule has 0 radical (unpaired) electrons. The fourth-order valence-corrected chi connectivity index (χ4v) is 3.55. The van der Waals surface area contributed by atoms with Gasteiger partial charge in [0.05, 0.1) is 11.2 Å². The van der Waals surface area contributed by atoms with Crippen molar-refractivity contribution in [3.8, 4) is 0 Å². The van der Waals surface area contributed by atoms with Crippen LogP contribution in [0.2, 0.25) is 0 Å². The van der Waals surface area contributed by atoms with Crippen molar-refractivity contribution in [2.24, 2.45) is 0 Å². The van der Waals surface area contributed by atoms with Crippen molar-refractivity contribution in [2.75, 3.05) is 13.1 Å². The Morgan fingerprint density at radius 2 is 1.69 bits per heavy atom. The number of alkyl halides is 3. The number of likely N-dealkylation sites (tertiary alicyclic amines) is 1. The Morgan fingerprint density at radius 1 is 1.14 bits per heavy atom. The van der Waals surface area contributed by atoms with Gasteiger partial charge in [-0.1, -0.05) is 23.8 Å². The second-order valence-corrected chi connectivity index (χ2v) is 8.82. The summed E-state index contributed by atoms with van der Waals surface area (Å²) in [5, 5.41) is 2.17. The zero-order valence-corrected chi connectivity index (χ0v) is 17.5. The van der Waals surface area contributed by atoms with Crippen molar-refractivity contribution in [1.29, 1.82) is 0 Å². The summed E-state index contributed by atoms with van der Waals surface area (Å²) in [6.45, 7) is 10.3. The maximum atomic E-state index is 13.8. The highest BCUT2D eigenvalue weighted by Gasteiger charge is 2.52. The predicted octanol–water partition coefficient (Wildman–Crippen LogP) is 3.70. The van der Waals surface area contributed by atoms with Crippen LogP contribution in [-0.2, 0) is 9.31 Å². The first-order valence-electron chi connectivity index (χ1n) is 9.90. The number of aryl methyl sites for hydroxylation is 1. The second-order valence-electron chi connectivity index (χ2n) is 8.82. The smallest absolute Gasteiger partial charge is 0.399 e. The van der Waals surface area contributed by atoms with Crippen molar-refractivity contribution in [2.45, 2.75) is 70.9 Å². The summed E-state index contributed by atoms with van der Waals surface area (Å²) in [6, 6.07) is 1.64. The van der Waals surface area contributed by atoms with Gasteiger partial charge in [0.15, 0.2) is 6.04 Å². The summed E-state index contributed by atoms with van der Waals surface area (Å²) in [5.41, 5.74) is 0.0475. The van der Waals surface area contributed by atoms with E-state index in [1.807, 2.05) is 27.7 Å². The first-order valence-corrected chi connectivity index (χ1v) is 9.90. The molecule has 9 heteroatoms. The lowest BCUT2D eigenvalue weighted by Crippen LogP contribution is -2.45. The van der Waals surface area contributed by atoms with E-state index >= 15 is 0 Å². The number of urea groups is 1. The van der Waals surface area contributed by atoms with Crippen molar-refractivity contribution in [1.82, 2.24) is 10.2 Å². The summed E-state index contributed by atoms with van der Waals surface area (Å²) in [6.07, 6.45) is -3.01. The summed E-state index contributed by atoms with van der Waals surface area (Å²) in [5.74, 6) is 0. The molecule has 0 bridgehead atoms. The van der Waals surface area contributed by atoms with E-state index in [2.05, 4.69) is 5.32 Å². The maximum Gasteiger partial charge on any atom is 0.495 e. The Bertz CT molecular complexity index is 761. The molecule has 29 heavy (non-hydrogen) atoms. The molecule has 0 aliphatic carbocycles. The molecule has 0 saturated carbocycles. The van der Waals surface area contributed by atoms with Crippen LogP contribution in [0, 0.1) is 6.92 Å². The SMILES string of the molecule is Cc1ccc(C(NC(=O)N2CCCC2)C(F)(F)F)cc1B1OC(C)(C)C(C)(C)O1. The zero-order chi connectivity index (χ0) is 21.6. The van der Waals surface area contributed by atoms with E-state index in [1.54, 1.807) is 13.0 Å². The molecule has 2 aliphatic heterocycles. The van der Waals surface area contributed by atoms with E-state index in [-0.39, 0.29) is 5.56 Å². The number of hydrogen-bond donors (Lipinski definition) is 1. The standard InChI is InChI=1S/C20H28BF3N2O3/c1-13-8-9-14(12-15(13)21-28-18(2,3)19(4,5)29-21)16(20(22,23)24)25-17(27)26-10-6-7-11-26/h8-9,12,16H,6-7,10-11H2,1-5H3,(H,25,27). The molecule has 5 nitrogen and oxygen atoms in total. The average Bonchev–Trinajstić information content (AvgIpc) is 3.19. The van der Waals surface area contributed by atoms with E-state index in [9.17, 15) is 18.0 Å². The molecule has 1 N–H and O–H groups in total. The van der Waals surface area contributed by atoms with E-state index in [1.165, 1.54) is 17.0 Å². The molecule has 2 aliphatic rings. The first-order chi connectivity index (χ1) is 13.3. The molecule has 1 aromatic rings. The molecule has 2 fully saturated rings. The second kappa shape index (κ2) is 7.50. The van der Waals surface area contributed by atoms with Crippen LogP contribution in [0.4, 0.5) is 18.0 Å². The Labute approximate surface area is 170 Å². The van der Waals surface area contributed by atoms with Gasteiger partial charge in [0.1, 0.15) is 0 Å². The number of carbonyl (C=O) groups is 1. The van der Waals surface area contributed by atoms with E-state index in [0.717, 1.165) is 18.4 Å². The Kier molecular flexibility index (Phi) is 5.68. The van der Waals surface area contributed by atoms with Gasteiger partial charge in [-0.25, -0.2) is 4.79 Å². The van der Waals surface area contributed by atoms with E-state index in [0.29, 0.717) is 18.6 Å². The third kappa shape index (κ3) is 4.40. The van der Waals surface area contributed by atoms with Gasteiger partial charge in [-0.05, 0) is 58.5 Å². The largest absolute Gasteiger partial charge is 0.495 e. The molecule has 1 aromatic carbocycles. The number of benzene rings is 1. The monoisotopic (exact) mass is 412 g/mol. The Morgan fingerprint density at radius 3 is 2.21 bits per heavy atom. The Hall–Kier alpha value is -1.74. The maximum absolute atomic E-state index is 13.8. The van der Waals surface area contributed by atoms with Crippen molar-refractivity contribution in [3.05, 3.63) is 29.3 Å². The molecule has 1 atom stereocenters. The minimum absolute atomic E-state index is 0.0413. The lowest BCUT2D eigenvalue weighted by atomic mass is 9.75. The molecular weight excluding hydrogens is 384 g/mol. The molecule has 2 saturated heterocycles. The summed E-state index contributed by atoms with van der Waals surface area (Å²) in [4.78, 5) is 13.7. The van der Waals surface area contributed by atoms with Crippen LogP contribution >= 0.6 is 0 Å². The van der Waals surface area contributed by atoms with Crippen LogP contribution in [0.25, 0.3) is 0 Å². The van der Waals surface area contributed by atoms with Crippen molar-refractivity contribution >= 4 is 18.6 Å². The number of nitrogens with one attached hydrogen (secondary N) is 1. The third-order valence-corrected chi connectivity index (χ3v) is 6.13. The van der Waals surface area contributed by atoms with Gasteiger partial charge in [0.2, 0.25) is 0 Å². The van der Waals surface area contributed by atoms with Gasteiger partial charge in [0, 0.05) is 13.1 Å². The van der Waals surface area contributed by atoms with Crippen LogP contribution in [0.15, 0.2) is 18.2 Å². The average molecular weight is 412 g/mol. The lowest BCUT2D eigenvalue weighted by molar-refractivity contribution is -0.155. The molecular formula is C20H28BF3N2O3. The van der Waals surface area contributed by atoms with Crippen LogP contribution in [-0.4, -0.2) is 48.5 Å². The molecule has 1 unspecified atom stereocenters. The fraction of sp³-hybridized carbons (Fsp3) is 0.650. The number of halogens is 3. The molecule has 2 amide bonds. The fourth-order valence-electron chi connectivity index (χ4n) is 3.55. The van der Waals surface area contributed by atoms with Crippen molar-refractivity contribution in [3.63, 3.8) is 0 Å². The van der Waals surface area contributed by atoms with E-state index < -0.39 is 36.6 Å². The highest BCUT2D eigenvalue weighted by atomic mass is 19.4. The van der Waals surface area contributed by atoms with Crippen LogP contribution in [0.5, 0.6) is 0 Å². The van der Waals surface area contributed by atoms with Crippen LogP contribution < -0.4 is 10.8 Å². The highest BCUT2D eigenvalue weighted by molar-refractivity contribution is 6.62. The molecule has 0 aromatic heterocycles. The first kappa shape index (κ1) is 22.0. The predicted molar refractivity (Wildman–Crippen MR) is 105 cm³/mol. The molecule has 160 valence electrons. The van der Waals surface area contributed by atoms with Crippen LogP contribution in [0.1, 0.15) is 57.7 Å². The number of carbonyl (C=O) groups excluding carboxylic acids is 1. The molecule has 3 rings (SSSR count). The van der Waals surface area contributed by atoms with E-state index in [4.69, 9.17) is 9.31 Å². The minimum atomic E-state index is -4.63. The minimum Gasteiger partial charge on any atom is -0.399 e. The zero-order valence-electron chi connectivity index (χ0n) is 17.5. The number of amides is 2. The van der Waals surface area contributed by atoms with Gasteiger partial charge < -0.3 is 19.5 Å². The normalized spacial score (nSPS) is 22.1. The quantitative estimate of drug-likeness (QED) is 0.771. The topological polar surface area (TPSA) is 50.8 Å². The Balaban J connectivity index is 1.90. The van der Waals surface area contributed by atoms with Crippen LogP contribution in [0.3, 0.4) is 0 Å². The highest BCUT2D eigenvalue weighted by Crippen LogP contribution is 2.37. The lowest BCUT2D eigenvalue weighted by Gasteiger charge is -2.32. The van der Waals surface area contributed by atoms with Gasteiger partial charge in [-0.15, -0.1) is 0 Å². The number of hydrogen-bond acceptors (Lipinski definition) is 3. The number of rotatable bonds is 3. The number of nitrogens with zero attached hydrogens (tertiary/aromatic N) is 1. The summed E-state index contributed by atoms with van der Waals surface area (Å²) in [7, 11) is -0.775. The van der Waals surface area contributed by atoms with Gasteiger partial charge in [-0.3, -0.25) is 0 Å². The summed E-state index contributed by atoms with van der Waals surface area (Å²) < 4.78 is 53.5. The van der Waals surface area contributed by atoms with Gasteiger partial charge in [-0.2, -0.15) is 13.2 Å². The summed E-state index contributed by atoms with van der Waals surface area (Å²) >= 11 is 0. The van der Waals surface area contributed by atoms with Crippen molar-refractivity contribution < 1.29 is 27.3 Å². The van der Waals surface area contributed by atoms with Gasteiger partial charge in [0.25, 0.3) is 0 Å². The van der Waals surface area contributed by atoms with Gasteiger partial charge >= 0.3 is 19.3 Å². The molecule has 0 spiro atoms. The molecule has 2 heterocycles. The third-order valence-electron chi connectivity index (χ3n) is 6.13.